The van der Waals surface area contributed by atoms with Gasteiger partial charge in [-0.25, -0.2) is 4.39 Å². The average molecular weight is 326 g/mol. The first-order chi connectivity index (χ1) is 11.6. The van der Waals surface area contributed by atoms with E-state index >= 15 is 0 Å². The molecule has 2 aromatic rings. The van der Waals surface area contributed by atoms with Crippen LogP contribution in [0.15, 0.2) is 53.6 Å². The Morgan fingerprint density at radius 2 is 1.75 bits per heavy atom. The molecular formula is C19H23FN4. The molecule has 3 rings (SSSR count). The van der Waals surface area contributed by atoms with E-state index in [1.54, 1.807) is 6.07 Å². The quantitative estimate of drug-likeness (QED) is 0.690. The number of rotatable bonds is 4. The minimum atomic E-state index is -0.189. The molecule has 126 valence electrons. The molecule has 5 heteroatoms. The summed E-state index contributed by atoms with van der Waals surface area (Å²) in [6, 6.07) is 15.1. The summed E-state index contributed by atoms with van der Waals surface area (Å²) in [5.74, 6) is -0.189. The second-order valence-electron chi connectivity index (χ2n) is 6.13. The highest BCUT2D eigenvalue weighted by atomic mass is 19.1. The van der Waals surface area contributed by atoms with E-state index in [1.165, 1.54) is 0 Å². The lowest BCUT2D eigenvalue weighted by atomic mass is 10.1. The summed E-state index contributed by atoms with van der Waals surface area (Å²) in [6.07, 6.45) is 0. The standard InChI is InChI=1S/C19H23FN4/c1-15(21-22-17-6-4-3-5-7-17)16-8-9-19(18(20)14-16)24-12-10-23(2)11-13-24/h3-9,14,22H,10-13H2,1-2H3/b21-15+. The number of likely N-dealkylation sites (N-methyl/N-ethyl adjacent to an activating group) is 1. The van der Waals surface area contributed by atoms with Gasteiger partial charge in [0, 0.05) is 31.7 Å². The van der Waals surface area contributed by atoms with Crippen LogP contribution in [0.25, 0.3) is 0 Å². The van der Waals surface area contributed by atoms with E-state index in [-0.39, 0.29) is 5.82 Å². The molecule has 0 atom stereocenters. The number of para-hydroxylation sites is 1. The third kappa shape index (κ3) is 3.92. The van der Waals surface area contributed by atoms with Gasteiger partial charge in [-0.1, -0.05) is 24.3 Å². The van der Waals surface area contributed by atoms with Crippen LogP contribution < -0.4 is 10.3 Å². The first-order valence-corrected chi connectivity index (χ1v) is 8.22. The SMILES string of the molecule is C/C(=N\Nc1ccccc1)c1ccc(N2CCN(C)CC2)c(F)c1. The topological polar surface area (TPSA) is 30.9 Å². The summed E-state index contributed by atoms with van der Waals surface area (Å²) < 4.78 is 14.5. The zero-order valence-electron chi connectivity index (χ0n) is 14.2. The van der Waals surface area contributed by atoms with Crippen LogP contribution in [-0.2, 0) is 0 Å². The van der Waals surface area contributed by atoms with Gasteiger partial charge >= 0.3 is 0 Å². The predicted molar refractivity (Wildman–Crippen MR) is 98.4 cm³/mol. The monoisotopic (exact) mass is 326 g/mol. The highest BCUT2D eigenvalue weighted by molar-refractivity contribution is 5.99. The van der Waals surface area contributed by atoms with Crippen molar-refractivity contribution >= 4 is 17.1 Å². The largest absolute Gasteiger partial charge is 0.367 e. The molecule has 0 radical (unpaired) electrons. The van der Waals surface area contributed by atoms with Gasteiger partial charge in [-0.05, 0) is 38.2 Å². The second-order valence-corrected chi connectivity index (χ2v) is 6.13. The Bertz CT molecular complexity index is 707. The van der Waals surface area contributed by atoms with Crippen LogP contribution >= 0.6 is 0 Å². The number of benzene rings is 2. The van der Waals surface area contributed by atoms with Gasteiger partial charge in [0.15, 0.2) is 0 Å². The predicted octanol–water partition coefficient (Wildman–Crippen LogP) is 3.41. The fourth-order valence-electron chi connectivity index (χ4n) is 2.76. The minimum Gasteiger partial charge on any atom is -0.367 e. The lowest BCUT2D eigenvalue weighted by Gasteiger charge is -2.34. The fraction of sp³-hybridized carbons (Fsp3) is 0.316. The molecule has 2 aromatic carbocycles. The molecule has 24 heavy (non-hydrogen) atoms. The molecule has 0 aliphatic carbocycles. The van der Waals surface area contributed by atoms with Gasteiger partial charge < -0.3 is 9.80 Å². The molecular weight excluding hydrogens is 303 g/mol. The van der Waals surface area contributed by atoms with Gasteiger partial charge in [0.1, 0.15) is 5.82 Å². The molecule has 4 nitrogen and oxygen atoms in total. The van der Waals surface area contributed by atoms with Crippen molar-refractivity contribution in [3.63, 3.8) is 0 Å². The van der Waals surface area contributed by atoms with E-state index in [9.17, 15) is 4.39 Å². The first kappa shape index (κ1) is 16.5. The van der Waals surface area contributed by atoms with Crippen molar-refractivity contribution in [2.75, 3.05) is 43.6 Å². The molecule has 0 aromatic heterocycles. The van der Waals surface area contributed by atoms with E-state index in [0.717, 1.165) is 43.1 Å². The van der Waals surface area contributed by atoms with Gasteiger partial charge in [-0.2, -0.15) is 5.10 Å². The van der Waals surface area contributed by atoms with E-state index in [1.807, 2.05) is 49.4 Å². The Kier molecular flexibility index (Phi) is 5.11. The summed E-state index contributed by atoms with van der Waals surface area (Å²) in [4.78, 5) is 4.36. The molecule has 1 aliphatic rings. The molecule has 0 saturated carbocycles. The van der Waals surface area contributed by atoms with Gasteiger partial charge in [0.05, 0.1) is 17.1 Å². The lowest BCUT2D eigenvalue weighted by Crippen LogP contribution is -2.44. The van der Waals surface area contributed by atoms with Crippen LogP contribution in [0.3, 0.4) is 0 Å². The van der Waals surface area contributed by atoms with Gasteiger partial charge in [0.25, 0.3) is 0 Å². The molecule has 0 unspecified atom stereocenters. The Morgan fingerprint density at radius 3 is 2.42 bits per heavy atom. The highest BCUT2D eigenvalue weighted by Crippen LogP contribution is 2.22. The van der Waals surface area contributed by atoms with Crippen molar-refractivity contribution in [1.29, 1.82) is 0 Å². The number of piperazine rings is 1. The van der Waals surface area contributed by atoms with Crippen LogP contribution in [0.1, 0.15) is 12.5 Å². The van der Waals surface area contributed by atoms with Crippen LogP contribution in [0.5, 0.6) is 0 Å². The zero-order valence-corrected chi connectivity index (χ0v) is 14.2. The van der Waals surface area contributed by atoms with Gasteiger partial charge in [-0.3, -0.25) is 5.43 Å². The Morgan fingerprint density at radius 1 is 1.04 bits per heavy atom. The van der Waals surface area contributed by atoms with Gasteiger partial charge in [-0.15, -0.1) is 0 Å². The minimum absolute atomic E-state index is 0.189. The zero-order chi connectivity index (χ0) is 16.9. The average Bonchev–Trinajstić information content (AvgIpc) is 2.61. The Hall–Kier alpha value is -2.40. The number of hydrogen-bond acceptors (Lipinski definition) is 4. The second kappa shape index (κ2) is 7.45. The van der Waals surface area contributed by atoms with E-state index in [2.05, 4.69) is 27.4 Å². The van der Waals surface area contributed by atoms with Crippen LogP contribution in [0.2, 0.25) is 0 Å². The number of nitrogens with zero attached hydrogens (tertiary/aromatic N) is 3. The molecule has 1 N–H and O–H groups in total. The van der Waals surface area contributed by atoms with E-state index < -0.39 is 0 Å². The number of halogens is 1. The van der Waals surface area contributed by atoms with Crippen molar-refractivity contribution in [2.24, 2.45) is 5.10 Å². The van der Waals surface area contributed by atoms with E-state index in [0.29, 0.717) is 5.69 Å². The number of anilines is 2. The third-order valence-electron chi connectivity index (χ3n) is 4.34. The Labute approximate surface area is 142 Å². The highest BCUT2D eigenvalue weighted by Gasteiger charge is 2.17. The number of hydrazone groups is 1. The maximum absolute atomic E-state index is 14.5. The van der Waals surface area contributed by atoms with Crippen molar-refractivity contribution in [1.82, 2.24) is 4.90 Å². The van der Waals surface area contributed by atoms with Crippen molar-refractivity contribution < 1.29 is 4.39 Å². The third-order valence-corrected chi connectivity index (χ3v) is 4.34. The number of nitrogens with one attached hydrogen (secondary N) is 1. The molecule has 0 spiro atoms. The maximum Gasteiger partial charge on any atom is 0.147 e. The normalized spacial score (nSPS) is 16.3. The maximum atomic E-state index is 14.5. The summed E-state index contributed by atoms with van der Waals surface area (Å²) in [7, 11) is 2.09. The van der Waals surface area contributed by atoms with Crippen LogP contribution in [0, 0.1) is 5.82 Å². The summed E-state index contributed by atoms with van der Waals surface area (Å²) in [6.45, 7) is 5.51. The fourth-order valence-corrected chi connectivity index (χ4v) is 2.76. The van der Waals surface area contributed by atoms with Crippen molar-refractivity contribution in [2.45, 2.75) is 6.92 Å². The summed E-state index contributed by atoms with van der Waals surface area (Å²) in [5.41, 5.74) is 6.12. The van der Waals surface area contributed by atoms with E-state index in [4.69, 9.17) is 0 Å². The molecule has 0 amide bonds. The van der Waals surface area contributed by atoms with Gasteiger partial charge in [0.2, 0.25) is 0 Å². The Balaban J connectivity index is 1.71. The summed E-state index contributed by atoms with van der Waals surface area (Å²) >= 11 is 0. The smallest absolute Gasteiger partial charge is 0.147 e. The lowest BCUT2D eigenvalue weighted by molar-refractivity contribution is 0.311. The summed E-state index contributed by atoms with van der Waals surface area (Å²) in [5, 5.41) is 4.34. The van der Waals surface area contributed by atoms with Crippen LogP contribution in [-0.4, -0.2) is 43.8 Å². The number of hydrogen-bond donors (Lipinski definition) is 1. The molecule has 0 bridgehead atoms. The molecule has 1 saturated heterocycles. The van der Waals surface area contributed by atoms with Crippen LogP contribution in [0.4, 0.5) is 15.8 Å². The first-order valence-electron chi connectivity index (χ1n) is 8.22. The molecule has 1 heterocycles. The van der Waals surface area contributed by atoms with Crippen molar-refractivity contribution in [3.05, 3.63) is 59.9 Å². The van der Waals surface area contributed by atoms with Crippen molar-refractivity contribution in [3.8, 4) is 0 Å². The molecule has 1 fully saturated rings. The molecule has 1 aliphatic heterocycles.